The summed E-state index contributed by atoms with van der Waals surface area (Å²) in [7, 11) is 1.46. The Labute approximate surface area is 738 Å². The molecule has 3 saturated heterocycles. The van der Waals surface area contributed by atoms with Crippen molar-refractivity contribution in [2.24, 2.45) is 11.7 Å². The van der Waals surface area contributed by atoms with Crippen molar-refractivity contribution in [1.29, 1.82) is 0 Å². The highest BCUT2D eigenvalue weighted by atomic mass is 35.5. The number of halogens is 6. The number of piperazine rings is 1. The van der Waals surface area contributed by atoms with Crippen LogP contribution in [0.25, 0.3) is 11.1 Å². The van der Waals surface area contributed by atoms with Gasteiger partial charge in [-0.3, -0.25) is 48.1 Å². The number of nitrogens with zero attached hydrogens (tertiary/aromatic N) is 2. The van der Waals surface area contributed by atoms with Gasteiger partial charge in [0.25, 0.3) is 12.3 Å². The molecule has 0 saturated carbocycles. The standard InChI is InChI=1S/C82H95Cl4F2N13O25/c1-34(2)20-48(90-5)73(112)97-64-66(107)38-8-12-52(46(85)23-38)122-54-25-40-26-55(70(54)126-80-71(69(110)68(109)56(32-102)124-80)125-59-30-82(4,72(111)35(3)121-59)92-14-15-100-16-18-101(19-17-100)81(119)91-31-36-6-10-44(83)45(84)21-36)123-53-13-9-39(24-47(53)86)67(108)65-78(117)96-63(79(118)99-120-33-57(87)88)43-27-41(103)28-51(105)60(43)42-22-37(7-11-50(42)104)61(75(114)98-65)95-76(115)62(40)94-74(113)49(29-58(89)106)93-77(64)116/h6-13,21-28,34-35,48-49,56-57,59,61-69,71-72,80,90,92,102-105,107-111H,14-20,29-33H2,1-5H3,(H2,89,106)(H,91,119)(H,93,116)(H,94,113)(H,95,115)(H,96,117)(H,97,112)(H,98,114)(H,99,118)/t35-,48+,49-,56+,59-,61+,62+,63+,64+,65-,66+,67+,68+,69-,71+,72+,80-,82-/m0/s1. The first-order valence-corrected chi connectivity index (χ1v) is 41.4. The lowest BCUT2D eigenvalue weighted by molar-refractivity contribution is -0.334. The van der Waals surface area contributed by atoms with Crippen molar-refractivity contribution in [3.63, 3.8) is 0 Å². The van der Waals surface area contributed by atoms with Crippen molar-refractivity contribution in [1.82, 2.24) is 63.1 Å². The van der Waals surface area contributed by atoms with Crippen LogP contribution in [0.15, 0.2) is 97.1 Å². The number of hydroxylamine groups is 1. The average molecular weight is 1840 g/mol. The van der Waals surface area contributed by atoms with Crippen LogP contribution in [-0.2, 0) is 63.9 Å². The van der Waals surface area contributed by atoms with Crippen molar-refractivity contribution in [3.8, 4) is 57.1 Å². The molecule has 11 bridgehead atoms. The summed E-state index contributed by atoms with van der Waals surface area (Å²) in [6, 6.07) is 3.34. The maximum absolute atomic E-state index is 16.3. The Kier molecular flexibility index (Phi) is 30.6. The summed E-state index contributed by atoms with van der Waals surface area (Å²) < 4.78 is 66.6. The maximum atomic E-state index is 16.3. The van der Waals surface area contributed by atoms with Gasteiger partial charge in [0.1, 0.15) is 102 Å². The fraction of sp³-hybridized carbons (Fsp3) is 0.451. The van der Waals surface area contributed by atoms with Crippen molar-refractivity contribution < 1.29 is 131 Å². The van der Waals surface area contributed by atoms with Crippen LogP contribution >= 0.6 is 46.4 Å². The fourth-order valence-corrected chi connectivity index (χ4v) is 16.3. The molecule has 0 aliphatic carbocycles. The second kappa shape index (κ2) is 40.7. The Morgan fingerprint density at radius 3 is 1.96 bits per heavy atom. The molecule has 6 aromatic rings. The number of primary amides is 1. The number of alkyl halides is 2. The van der Waals surface area contributed by atoms with Gasteiger partial charge in [0.15, 0.2) is 23.9 Å². The van der Waals surface area contributed by atoms with Crippen LogP contribution in [0, 0.1) is 5.92 Å². The Morgan fingerprint density at radius 1 is 0.690 bits per heavy atom. The lowest BCUT2D eigenvalue weighted by Crippen LogP contribution is -2.66. The van der Waals surface area contributed by atoms with Gasteiger partial charge in [0.05, 0.1) is 51.4 Å². The van der Waals surface area contributed by atoms with E-state index >= 15 is 24.0 Å². The number of hydrogen-bond donors (Lipinski definition) is 20. The number of nitrogens with one attached hydrogen (secondary N) is 10. The van der Waals surface area contributed by atoms with Crippen LogP contribution in [0.5, 0.6) is 46.0 Å². The first-order chi connectivity index (χ1) is 59.8. The number of phenolic OH excluding ortho intramolecular Hbond substituents is 3. The average Bonchev–Trinajstić information content (AvgIpc) is 0.763. The first-order valence-electron chi connectivity index (χ1n) is 39.9. The third kappa shape index (κ3) is 21.9. The van der Waals surface area contributed by atoms with Crippen molar-refractivity contribution in [2.75, 3.05) is 59.5 Å². The van der Waals surface area contributed by atoms with Crippen LogP contribution in [0.4, 0.5) is 13.6 Å². The van der Waals surface area contributed by atoms with Gasteiger partial charge in [-0.15, -0.1) is 0 Å². The van der Waals surface area contributed by atoms with Gasteiger partial charge in [-0.05, 0) is 133 Å². The summed E-state index contributed by atoms with van der Waals surface area (Å²) in [5.41, 5.74) is 3.82. The highest BCUT2D eigenvalue weighted by Crippen LogP contribution is 2.50. The van der Waals surface area contributed by atoms with Crippen LogP contribution in [0.1, 0.15) is 111 Å². The van der Waals surface area contributed by atoms with Crippen LogP contribution in [0.3, 0.4) is 0 Å². The quantitative estimate of drug-likeness (QED) is 0.0434. The Balaban J connectivity index is 0.984. The molecule has 8 heterocycles. The molecular weight excluding hydrogens is 1750 g/mol. The number of hydrogen-bond acceptors (Lipinski definition) is 28. The molecule has 21 N–H and O–H groups in total. The molecular formula is C82H95Cl4F2N13O25. The van der Waals surface area contributed by atoms with Gasteiger partial charge < -0.3 is 133 Å². The minimum absolute atomic E-state index is 0.129. The third-order valence-corrected chi connectivity index (χ3v) is 23.5. The number of benzene rings is 6. The normalized spacial score (nSPS) is 26.8. The monoisotopic (exact) mass is 1840 g/mol. The number of fused-ring (bicyclic) bond motifs is 15. The molecule has 10 amide bonds. The van der Waals surface area contributed by atoms with Crippen molar-refractivity contribution >= 4 is 99.7 Å². The predicted molar refractivity (Wildman–Crippen MR) is 442 cm³/mol. The van der Waals surface area contributed by atoms with Crippen LogP contribution in [-0.4, -0.2) is 254 Å². The number of nitrogens with two attached hydrogens (primary N) is 1. The summed E-state index contributed by atoms with van der Waals surface area (Å²) in [6.07, 6.45) is -22.3. The van der Waals surface area contributed by atoms with Crippen molar-refractivity contribution in [2.45, 2.75) is 169 Å². The smallest absolute Gasteiger partial charge is 0.317 e. The molecule has 0 aromatic heterocycles. The number of rotatable bonds is 22. The summed E-state index contributed by atoms with van der Waals surface area (Å²) in [5, 5.41) is 130. The molecule has 126 heavy (non-hydrogen) atoms. The summed E-state index contributed by atoms with van der Waals surface area (Å²) in [6.45, 7) is 7.05. The van der Waals surface area contributed by atoms with E-state index in [0.29, 0.717) is 42.8 Å². The SMILES string of the molecule is CN[C@H](CC(C)C)C(=O)N[C@H]1C(=O)N[C@@H](CC(N)=O)C(=O)N[C@H]2C(=O)N[C@H]3C(=O)N[C@H](C(=O)N[C@@H](C(=O)NOCC(F)F)c4cc(O)cc(O)c4-c4cc3ccc4O)[C@H](O)c3ccc(c(Cl)c3)Oc3cc2cc(c3O[C@@H]2O[C@H](CO)[C@@H](O)[C@H](O)[C@H]2O[C@H]2C[C@](C)(NCCN3CCN(C(=O)NCc4ccc(Cl)c(Cl)c4)CC3)[C@H](O)[C@H](C)O2)Oc2ccc(cc2Cl)[C@H]1O. The van der Waals surface area contributed by atoms with E-state index < -0.39 is 261 Å². The molecule has 0 spiro atoms. The number of carbonyl (C=O) groups is 9. The highest BCUT2D eigenvalue weighted by Gasteiger charge is 2.53. The van der Waals surface area contributed by atoms with Gasteiger partial charge in [-0.25, -0.2) is 19.1 Å². The van der Waals surface area contributed by atoms with Crippen molar-refractivity contribution in [3.05, 3.63) is 151 Å². The zero-order chi connectivity index (χ0) is 91.2. The predicted octanol–water partition coefficient (Wildman–Crippen LogP) is 2.80. The topological polar surface area (TPSA) is 553 Å². The number of phenols is 3. The second-order valence-electron chi connectivity index (χ2n) is 31.6. The molecule has 38 nitrogen and oxygen atoms in total. The number of urea groups is 1. The van der Waals surface area contributed by atoms with E-state index in [4.69, 9.17) is 85.4 Å². The largest absolute Gasteiger partial charge is 0.508 e. The Morgan fingerprint density at radius 2 is 1.33 bits per heavy atom. The number of carbonyl (C=O) groups excluding carboxylic acids is 9. The summed E-state index contributed by atoms with van der Waals surface area (Å²) in [4.78, 5) is 142. The number of aliphatic hydroxyl groups is 6. The lowest BCUT2D eigenvalue weighted by atomic mass is 9.85. The van der Waals surface area contributed by atoms with E-state index in [1.807, 2.05) is 0 Å². The zero-order valence-electron chi connectivity index (χ0n) is 68.0. The van der Waals surface area contributed by atoms with E-state index in [-0.39, 0.29) is 54.8 Å². The number of likely N-dealkylation sites (N-methyl/N-ethyl adjacent to an activating group) is 1. The molecule has 3 fully saturated rings. The van der Waals surface area contributed by atoms with Crippen LogP contribution < -0.4 is 73.3 Å². The Bertz CT molecular complexity index is 5090. The van der Waals surface area contributed by atoms with Gasteiger partial charge >= 0.3 is 6.03 Å². The minimum Gasteiger partial charge on any atom is -0.508 e. The van der Waals surface area contributed by atoms with Gasteiger partial charge in [-0.2, -0.15) is 0 Å². The molecule has 6 aromatic carbocycles. The lowest BCUT2D eigenvalue weighted by Gasteiger charge is -2.48. The van der Waals surface area contributed by atoms with Gasteiger partial charge in [-0.1, -0.05) is 84.5 Å². The van der Waals surface area contributed by atoms with E-state index in [1.165, 1.54) is 19.2 Å². The minimum atomic E-state index is -3.18. The number of aliphatic hydroxyl groups excluding tert-OH is 6. The van der Waals surface area contributed by atoms with Crippen LogP contribution in [0.2, 0.25) is 20.1 Å². The van der Waals surface area contributed by atoms with E-state index in [0.717, 1.165) is 72.3 Å². The molecule has 44 heteroatoms. The second-order valence-corrected chi connectivity index (χ2v) is 33.2. The molecule has 14 rings (SSSR count). The molecule has 8 aliphatic rings. The molecule has 0 radical (unpaired) electrons. The van der Waals surface area contributed by atoms with Gasteiger partial charge in [0.2, 0.25) is 53.4 Å². The number of amides is 10. The highest BCUT2D eigenvalue weighted by molar-refractivity contribution is 6.42. The van der Waals surface area contributed by atoms with E-state index in [1.54, 1.807) is 56.3 Å². The number of aromatic hydroxyl groups is 3. The maximum Gasteiger partial charge on any atom is 0.317 e. The summed E-state index contributed by atoms with van der Waals surface area (Å²) >= 11 is 26.6. The number of ether oxygens (including phenoxy) is 6. The molecule has 8 aliphatic heterocycles. The molecule has 680 valence electrons. The van der Waals surface area contributed by atoms with E-state index in [2.05, 4.69) is 52.8 Å². The fourth-order valence-electron chi connectivity index (χ4n) is 15.5. The third-order valence-electron chi connectivity index (χ3n) is 22.2. The molecule has 18 atom stereocenters. The Hall–Kier alpha value is -10.3. The van der Waals surface area contributed by atoms with Gasteiger partial charge in [0, 0.05) is 75.0 Å². The first kappa shape index (κ1) is 94.8. The molecule has 0 unspecified atom stereocenters. The zero-order valence-corrected chi connectivity index (χ0v) is 71.0. The van der Waals surface area contributed by atoms with E-state index in [9.17, 15) is 73.9 Å². The summed E-state index contributed by atoms with van der Waals surface area (Å²) in [5.74, 6) is -16.4.